The second-order valence-corrected chi connectivity index (χ2v) is 7.66. The Kier molecular flexibility index (Phi) is 5.82. The molecule has 0 saturated heterocycles. The van der Waals surface area contributed by atoms with Crippen molar-refractivity contribution in [1.82, 2.24) is 4.98 Å². The maximum Gasteiger partial charge on any atom is 0.427 e. The highest BCUT2D eigenvalue weighted by Crippen LogP contribution is 2.37. The van der Waals surface area contributed by atoms with Gasteiger partial charge < -0.3 is 8.85 Å². The fourth-order valence-electron chi connectivity index (χ4n) is 2.45. The summed E-state index contributed by atoms with van der Waals surface area (Å²) in [5.41, 5.74) is 0.643. The lowest BCUT2D eigenvalue weighted by molar-refractivity contribution is 0.213. The highest BCUT2D eigenvalue weighted by molar-refractivity contribution is 6.66. The van der Waals surface area contributed by atoms with Crippen molar-refractivity contribution in [3.05, 3.63) is 0 Å². The van der Waals surface area contributed by atoms with E-state index in [2.05, 4.69) is 11.9 Å². The van der Waals surface area contributed by atoms with Crippen molar-refractivity contribution in [2.75, 3.05) is 20.8 Å². The number of unbranched alkanes of at least 4 members (excludes halogenated alkanes) is 1. The fraction of sp³-hybridized carbons (Fsp3) is 1.00. The minimum atomic E-state index is -2.10. The Labute approximate surface area is 94.9 Å². The highest BCUT2D eigenvalue weighted by Gasteiger charge is 2.46. The Morgan fingerprint density at radius 1 is 1.20 bits per heavy atom. The van der Waals surface area contributed by atoms with Crippen LogP contribution in [0.4, 0.5) is 0 Å². The van der Waals surface area contributed by atoms with Crippen LogP contribution in [0.3, 0.4) is 0 Å². The quantitative estimate of drug-likeness (QED) is 0.539. The summed E-state index contributed by atoms with van der Waals surface area (Å²) >= 11 is 0. The summed E-state index contributed by atoms with van der Waals surface area (Å²) in [5, 5.41) is 0. The van der Waals surface area contributed by atoms with Gasteiger partial charge in [0.25, 0.3) is 0 Å². The molecule has 0 bridgehead atoms. The van der Waals surface area contributed by atoms with Crippen LogP contribution < -0.4 is 4.98 Å². The molecule has 1 fully saturated rings. The molecule has 0 aromatic heterocycles. The normalized spacial score (nSPS) is 18.6. The van der Waals surface area contributed by atoms with E-state index in [1.807, 2.05) is 0 Å². The monoisotopic (exact) mass is 231 g/mol. The van der Waals surface area contributed by atoms with Crippen LogP contribution >= 0.6 is 0 Å². The molecular weight excluding hydrogens is 206 g/mol. The molecule has 15 heavy (non-hydrogen) atoms. The summed E-state index contributed by atoms with van der Waals surface area (Å²) in [5.74, 6) is 0. The Balaban J connectivity index is 2.50. The summed E-state index contributed by atoms with van der Waals surface area (Å²) in [7, 11) is 1.50. The molecule has 0 spiro atoms. The SMILES string of the molecule is CCCCN[Si](OC)(OC)C1CCCC1. The van der Waals surface area contributed by atoms with Crippen molar-refractivity contribution in [1.29, 1.82) is 0 Å². The van der Waals surface area contributed by atoms with Gasteiger partial charge >= 0.3 is 8.72 Å². The molecule has 0 amide bonds. The van der Waals surface area contributed by atoms with Gasteiger partial charge in [0.2, 0.25) is 0 Å². The second-order valence-electron chi connectivity index (χ2n) is 4.34. The van der Waals surface area contributed by atoms with Crippen molar-refractivity contribution in [2.45, 2.75) is 51.0 Å². The topological polar surface area (TPSA) is 30.5 Å². The molecule has 4 heteroatoms. The summed E-state index contributed by atoms with van der Waals surface area (Å²) in [6.45, 7) is 3.24. The molecule has 0 unspecified atom stereocenters. The van der Waals surface area contributed by atoms with Crippen LogP contribution in [0.5, 0.6) is 0 Å². The lowest BCUT2D eigenvalue weighted by atomic mass is 10.3. The average molecular weight is 231 g/mol. The van der Waals surface area contributed by atoms with Gasteiger partial charge in [-0.15, -0.1) is 0 Å². The first kappa shape index (κ1) is 13.2. The zero-order valence-corrected chi connectivity index (χ0v) is 11.3. The van der Waals surface area contributed by atoms with Crippen LogP contribution in [0.2, 0.25) is 5.54 Å². The van der Waals surface area contributed by atoms with E-state index >= 15 is 0 Å². The highest BCUT2D eigenvalue weighted by atomic mass is 28.4. The molecule has 0 aliphatic heterocycles. The summed E-state index contributed by atoms with van der Waals surface area (Å²) < 4.78 is 11.4. The zero-order valence-electron chi connectivity index (χ0n) is 10.3. The van der Waals surface area contributed by atoms with Crippen molar-refractivity contribution >= 4 is 8.72 Å². The lowest BCUT2D eigenvalue weighted by Crippen LogP contribution is -2.58. The molecule has 1 aliphatic carbocycles. The first-order valence-electron chi connectivity index (χ1n) is 6.14. The number of rotatable bonds is 7. The van der Waals surface area contributed by atoms with E-state index in [0.29, 0.717) is 5.54 Å². The fourth-order valence-corrected chi connectivity index (χ4v) is 5.55. The largest absolute Gasteiger partial charge is 0.427 e. The molecule has 0 radical (unpaired) electrons. The van der Waals surface area contributed by atoms with Crippen molar-refractivity contribution in [3.8, 4) is 0 Å². The maximum absolute atomic E-state index is 5.72. The molecule has 1 rings (SSSR count). The Morgan fingerprint density at radius 2 is 1.80 bits per heavy atom. The van der Waals surface area contributed by atoms with E-state index in [9.17, 15) is 0 Å². The van der Waals surface area contributed by atoms with E-state index in [-0.39, 0.29) is 0 Å². The average Bonchev–Trinajstić information content (AvgIpc) is 2.79. The van der Waals surface area contributed by atoms with Crippen LogP contribution in [-0.4, -0.2) is 29.5 Å². The van der Waals surface area contributed by atoms with Gasteiger partial charge in [-0.1, -0.05) is 26.2 Å². The molecule has 1 aliphatic rings. The molecule has 0 aromatic carbocycles. The van der Waals surface area contributed by atoms with Crippen LogP contribution in [0.15, 0.2) is 0 Å². The third kappa shape index (κ3) is 3.28. The van der Waals surface area contributed by atoms with Crippen molar-refractivity contribution < 1.29 is 8.85 Å². The van der Waals surface area contributed by atoms with Crippen LogP contribution in [-0.2, 0) is 8.85 Å². The van der Waals surface area contributed by atoms with Crippen LogP contribution in [0, 0.1) is 0 Å². The molecular formula is C11H25NO2Si. The van der Waals surface area contributed by atoms with E-state index in [1.165, 1.54) is 38.5 Å². The van der Waals surface area contributed by atoms with Gasteiger partial charge in [-0.25, -0.2) is 0 Å². The molecule has 3 nitrogen and oxygen atoms in total. The second kappa shape index (κ2) is 6.63. The Morgan fingerprint density at radius 3 is 2.27 bits per heavy atom. The van der Waals surface area contributed by atoms with Gasteiger partial charge in [-0.3, -0.25) is 4.98 Å². The van der Waals surface area contributed by atoms with E-state index in [4.69, 9.17) is 8.85 Å². The minimum Gasteiger partial charge on any atom is -0.386 e. The summed E-state index contributed by atoms with van der Waals surface area (Å²) in [4.78, 5) is 3.57. The van der Waals surface area contributed by atoms with Crippen LogP contribution in [0.1, 0.15) is 45.4 Å². The first-order chi connectivity index (χ1) is 7.29. The smallest absolute Gasteiger partial charge is 0.386 e. The standard InChI is InChI=1S/C11H25NO2Si/c1-4-5-10-12-15(13-2,14-3)11-8-6-7-9-11/h11-12H,4-10H2,1-3H3. The first-order valence-corrected chi connectivity index (χ1v) is 8.03. The summed E-state index contributed by atoms with van der Waals surface area (Å²) in [6.07, 6.45) is 7.63. The van der Waals surface area contributed by atoms with Crippen LogP contribution in [0.25, 0.3) is 0 Å². The van der Waals surface area contributed by atoms with E-state index in [1.54, 1.807) is 14.2 Å². The van der Waals surface area contributed by atoms with Gasteiger partial charge in [0.05, 0.1) is 0 Å². The molecule has 1 saturated carbocycles. The van der Waals surface area contributed by atoms with Gasteiger partial charge in [-0.05, 0) is 25.8 Å². The van der Waals surface area contributed by atoms with Gasteiger partial charge in [0.1, 0.15) is 0 Å². The minimum absolute atomic E-state index is 0.643. The van der Waals surface area contributed by atoms with Gasteiger partial charge in [0.15, 0.2) is 0 Å². The molecule has 0 aromatic rings. The Hall–Kier alpha value is 0.0969. The van der Waals surface area contributed by atoms with Gasteiger partial charge in [0, 0.05) is 19.8 Å². The maximum atomic E-state index is 5.72. The Bertz CT molecular complexity index is 168. The van der Waals surface area contributed by atoms with Crippen molar-refractivity contribution in [3.63, 3.8) is 0 Å². The predicted molar refractivity (Wildman–Crippen MR) is 64.9 cm³/mol. The lowest BCUT2D eigenvalue weighted by Gasteiger charge is -2.33. The van der Waals surface area contributed by atoms with Gasteiger partial charge in [-0.2, -0.15) is 0 Å². The third-order valence-corrected chi connectivity index (χ3v) is 7.01. The molecule has 0 heterocycles. The molecule has 0 atom stereocenters. The number of hydrogen-bond donors (Lipinski definition) is 1. The summed E-state index contributed by atoms with van der Waals surface area (Å²) in [6, 6.07) is 0. The van der Waals surface area contributed by atoms with E-state index in [0.717, 1.165) is 6.54 Å². The number of hydrogen-bond acceptors (Lipinski definition) is 3. The third-order valence-electron chi connectivity index (χ3n) is 3.40. The van der Waals surface area contributed by atoms with E-state index < -0.39 is 8.72 Å². The zero-order chi connectivity index (χ0) is 11.1. The molecule has 1 N–H and O–H groups in total. The van der Waals surface area contributed by atoms with Crippen molar-refractivity contribution in [2.24, 2.45) is 0 Å². The predicted octanol–water partition coefficient (Wildman–Crippen LogP) is 2.55. The number of nitrogens with one attached hydrogen (secondary N) is 1. The molecule has 90 valence electrons.